The molecule has 3 fully saturated rings. The molecule has 1 unspecified atom stereocenters. The summed E-state index contributed by atoms with van der Waals surface area (Å²) < 4.78 is 2.83. The molecule has 1 aromatic rings. The third-order valence-corrected chi connectivity index (χ3v) is 5.72. The predicted molar refractivity (Wildman–Crippen MR) is 73.6 cm³/mol. The van der Waals surface area contributed by atoms with Crippen LogP contribution in [-0.2, 0) is 6.54 Å². The SMILES string of the molecule is Cc1nc(O)n(CC2(C)CN3CCC2CC3)c1Br. The normalized spacial score (nSPS) is 35.1. The fourth-order valence-electron chi connectivity index (χ4n) is 3.65. The first-order valence-electron chi connectivity index (χ1n) is 6.63. The lowest BCUT2D eigenvalue weighted by Crippen LogP contribution is -2.54. The summed E-state index contributed by atoms with van der Waals surface area (Å²) in [5, 5.41) is 9.94. The molecule has 0 amide bonds. The van der Waals surface area contributed by atoms with Crippen LogP contribution in [0.4, 0.5) is 0 Å². The number of hydrogen-bond donors (Lipinski definition) is 1. The smallest absolute Gasteiger partial charge is 0.294 e. The van der Waals surface area contributed by atoms with Crippen molar-refractivity contribution in [1.29, 1.82) is 0 Å². The number of halogens is 1. The Morgan fingerprint density at radius 1 is 1.44 bits per heavy atom. The number of piperidine rings is 3. The van der Waals surface area contributed by atoms with Crippen LogP contribution in [-0.4, -0.2) is 39.2 Å². The number of hydrogen-bond acceptors (Lipinski definition) is 3. The number of nitrogens with zero attached hydrogens (tertiary/aromatic N) is 3. The van der Waals surface area contributed by atoms with Gasteiger partial charge in [-0.25, -0.2) is 0 Å². The summed E-state index contributed by atoms with van der Waals surface area (Å²) in [6.07, 6.45) is 2.59. The highest BCUT2D eigenvalue weighted by Crippen LogP contribution is 2.44. The van der Waals surface area contributed by atoms with Crippen molar-refractivity contribution in [3.63, 3.8) is 0 Å². The van der Waals surface area contributed by atoms with E-state index in [2.05, 4.69) is 32.7 Å². The Labute approximate surface area is 116 Å². The highest BCUT2D eigenvalue weighted by Gasteiger charge is 2.43. The number of aromatic hydroxyl groups is 1. The third kappa shape index (κ3) is 1.88. The van der Waals surface area contributed by atoms with Gasteiger partial charge in [0, 0.05) is 18.5 Å². The van der Waals surface area contributed by atoms with Gasteiger partial charge in [-0.05, 0) is 54.7 Å². The Morgan fingerprint density at radius 3 is 2.56 bits per heavy atom. The van der Waals surface area contributed by atoms with E-state index in [4.69, 9.17) is 0 Å². The number of aromatic nitrogens is 2. The molecular formula is C13H20BrN3O. The molecule has 5 heteroatoms. The number of imidazole rings is 1. The van der Waals surface area contributed by atoms with Crippen LogP contribution in [0.15, 0.2) is 4.60 Å². The van der Waals surface area contributed by atoms with Crippen molar-refractivity contribution in [3.8, 4) is 6.01 Å². The molecule has 4 nitrogen and oxygen atoms in total. The van der Waals surface area contributed by atoms with Crippen molar-refractivity contribution in [2.75, 3.05) is 19.6 Å². The minimum absolute atomic E-state index is 0.136. The Kier molecular flexibility index (Phi) is 2.94. The molecule has 1 N–H and O–H groups in total. The van der Waals surface area contributed by atoms with Gasteiger partial charge < -0.3 is 10.0 Å². The van der Waals surface area contributed by atoms with Crippen molar-refractivity contribution in [2.24, 2.45) is 11.3 Å². The van der Waals surface area contributed by atoms with Gasteiger partial charge in [-0.3, -0.25) is 4.57 Å². The van der Waals surface area contributed by atoms with Gasteiger partial charge in [0.25, 0.3) is 6.01 Å². The average Bonchev–Trinajstić information content (AvgIpc) is 2.57. The zero-order valence-electron chi connectivity index (χ0n) is 11.0. The van der Waals surface area contributed by atoms with Crippen LogP contribution in [0, 0.1) is 18.3 Å². The fraction of sp³-hybridized carbons (Fsp3) is 0.769. The number of fused-ring (bicyclic) bond motifs is 3. The molecule has 1 aromatic heterocycles. The van der Waals surface area contributed by atoms with E-state index in [1.165, 1.54) is 25.9 Å². The predicted octanol–water partition coefficient (Wildman–Crippen LogP) is 2.39. The molecule has 0 radical (unpaired) electrons. The zero-order chi connectivity index (χ0) is 12.9. The van der Waals surface area contributed by atoms with E-state index in [-0.39, 0.29) is 11.4 Å². The van der Waals surface area contributed by atoms with Crippen molar-refractivity contribution in [3.05, 3.63) is 10.3 Å². The topological polar surface area (TPSA) is 41.3 Å². The minimum atomic E-state index is 0.136. The molecule has 1 atom stereocenters. The van der Waals surface area contributed by atoms with Gasteiger partial charge >= 0.3 is 0 Å². The lowest BCUT2D eigenvalue weighted by molar-refractivity contribution is -0.0288. The Bertz CT molecular complexity index is 465. The van der Waals surface area contributed by atoms with Gasteiger partial charge in [-0.15, -0.1) is 0 Å². The molecule has 3 aliphatic heterocycles. The second kappa shape index (κ2) is 4.23. The first kappa shape index (κ1) is 12.5. The molecule has 18 heavy (non-hydrogen) atoms. The second-order valence-corrected chi connectivity index (χ2v) is 6.83. The van der Waals surface area contributed by atoms with Crippen molar-refractivity contribution in [2.45, 2.75) is 33.2 Å². The average molecular weight is 314 g/mol. The van der Waals surface area contributed by atoms with Gasteiger partial charge in [0.2, 0.25) is 0 Å². The van der Waals surface area contributed by atoms with E-state index in [9.17, 15) is 5.11 Å². The van der Waals surface area contributed by atoms with Crippen LogP contribution in [0.2, 0.25) is 0 Å². The Hall–Kier alpha value is -0.550. The van der Waals surface area contributed by atoms with Gasteiger partial charge in [-0.2, -0.15) is 4.98 Å². The Morgan fingerprint density at radius 2 is 2.11 bits per heavy atom. The van der Waals surface area contributed by atoms with Crippen LogP contribution < -0.4 is 0 Å². The number of aryl methyl sites for hydroxylation is 1. The van der Waals surface area contributed by atoms with Gasteiger partial charge in [0.05, 0.1) is 5.69 Å². The quantitative estimate of drug-likeness (QED) is 0.911. The largest absolute Gasteiger partial charge is 0.480 e. The molecule has 2 bridgehead atoms. The van der Waals surface area contributed by atoms with Crippen LogP contribution in [0.25, 0.3) is 0 Å². The van der Waals surface area contributed by atoms with Crippen LogP contribution >= 0.6 is 15.9 Å². The molecule has 0 aromatic carbocycles. The lowest BCUT2D eigenvalue weighted by Gasteiger charge is -2.52. The summed E-state index contributed by atoms with van der Waals surface area (Å²) in [6, 6.07) is 0.136. The van der Waals surface area contributed by atoms with E-state index < -0.39 is 0 Å². The monoisotopic (exact) mass is 313 g/mol. The van der Waals surface area contributed by atoms with Crippen molar-refractivity contribution in [1.82, 2.24) is 14.5 Å². The number of rotatable bonds is 2. The molecule has 0 spiro atoms. The Balaban J connectivity index is 1.87. The highest BCUT2D eigenvalue weighted by molar-refractivity contribution is 9.10. The summed E-state index contributed by atoms with van der Waals surface area (Å²) in [7, 11) is 0. The summed E-state index contributed by atoms with van der Waals surface area (Å²) >= 11 is 3.53. The molecule has 100 valence electrons. The molecular weight excluding hydrogens is 294 g/mol. The third-order valence-electron chi connectivity index (χ3n) is 4.72. The van der Waals surface area contributed by atoms with Crippen LogP contribution in [0.3, 0.4) is 0 Å². The van der Waals surface area contributed by atoms with Gasteiger partial charge in [-0.1, -0.05) is 6.92 Å². The fourth-order valence-corrected chi connectivity index (χ4v) is 4.02. The first-order chi connectivity index (χ1) is 8.49. The van der Waals surface area contributed by atoms with E-state index in [1.54, 1.807) is 0 Å². The summed E-state index contributed by atoms with van der Waals surface area (Å²) in [4.78, 5) is 6.68. The summed E-state index contributed by atoms with van der Waals surface area (Å²) in [6.45, 7) is 8.75. The van der Waals surface area contributed by atoms with Gasteiger partial charge in [0.1, 0.15) is 4.60 Å². The zero-order valence-corrected chi connectivity index (χ0v) is 12.6. The molecule has 3 aliphatic rings. The molecule has 0 aliphatic carbocycles. The molecule has 3 saturated heterocycles. The molecule has 0 saturated carbocycles. The minimum Gasteiger partial charge on any atom is -0.480 e. The maximum Gasteiger partial charge on any atom is 0.294 e. The van der Waals surface area contributed by atoms with Gasteiger partial charge in [0.15, 0.2) is 0 Å². The van der Waals surface area contributed by atoms with Crippen LogP contribution in [0.1, 0.15) is 25.5 Å². The van der Waals surface area contributed by atoms with E-state index in [0.29, 0.717) is 0 Å². The maximum absolute atomic E-state index is 9.94. The summed E-state index contributed by atoms with van der Waals surface area (Å²) in [5.41, 5.74) is 1.11. The summed E-state index contributed by atoms with van der Waals surface area (Å²) in [5.74, 6) is 0.775. The van der Waals surface area contributed by atoms with Crippen molar-refractivity contribution >= 4 is 15.9 Å². The van der Waals surface area contributed by atoms with Crippen molar-refractivity contribution < 1.29 is 5.11 Å². The van der Waals surface area contributed by atoms with E-state index >= 15 is 0 Å². The van der Waals surface area contributed by atoms with E-state index in [0.717, 1.165) is 29.3 Å². The molecule has 4 heterocycles. The van der Waals surface area contributed by atoms with E-state index in [1.807, 2.05) is 11.5 Å². The standard InChI is InChI=1S/C13H20BrN3O/c1-9-11(14)17(12(18)15-9)8-13(2)7-16-5-3-10(13)4-6-16/h10H,3-8H2,1-2H3,(H,15,18). The molecule has 4 rings (SSSR count). The highest BCUT2D eigenvalue weighted by atomic mass is 79.9. The lowest BCUT2D eigenvalue weighted by atomic mass is 9.68. The second-order valence-electron chi connectivity index (χ2n) is 6.08. The first-order valence-corrected chi connectivity index (χ1v) is 7.43. The van der Waals surface area contributed by atoms with Crippen LogP contribution in [0.5, 0.6) is 6.01 Å². The maximum atomic E-state index is 9.94.